The van der Waals surface area contributed by atoms with Gasteiger partial charge in [0.25, 0.3) is 5.91 Å². The smallest absolute Gasteiger partial charge is 0.296 e. The molecule has 0 bridgehead atoms. The van der Waals surface area contributed by atoms with Crippen molar-refractivity contribution in [3.05, 3.63) is 85.5 Å². The Morgan fingerprint density at radius 1 is 1.11 bits per heavy atom. The molecule has 4 aromatic rings. The average Bonchev–Trinajstić information content (AvgIpc) is 3.69. The number of rotatable bonds is 13. The molecule has 9 nitrogen and oxygen atoms in total. The lowest BCUT2D eigenvalue weighted by Gasteiger charge is -2.25. The number of methoxy groups -OCH3 is 1. The Labute approximate surface area is 272 Å². The van der Waals surface area contributed by atoms with Crippen molar-refractivity contribution in [3.63, 3.8) is 0 Å². The summed E-state index contributed by atoms with van der Waals surface area (Å²) in [5.74, 6) is -0.294. The van der Waals surface area contributed by atoms with Crippen molar-refractivity contribution in [2.24, 2.45) is 0 Å². The number of carbonyl (C=O) groups excluding carboxylic acids is 2. The van der Waals surface area contributed by atoms with E-state index in [1.54, 1.807) is 32.0 Å². The highest BCUT2D eigenvalue weighted by Gasteiger charge is 2.47. The van der Waals surface area contributed by atoms with Gasteiger partial charge >= 0.3 is 0 Å². The molecule has 1 atom stereocenters. The van der Waals surface area contributed by atoms with Crippen molar-refractivity contribution in [1.82, 2.24) is 15.2 Å². The van der Waals surface area contributed by atoms with Crippen LogP contribution in [0.5, 0.6) is 11.5 Å². The fourth-order valence-corrected chi connectivity index (χ4v) is 7.86. The molecule has 1 amide bonds. The number of nitrogens with zero attached hydrogens (tertiary/aromatic N) is 4. The number of thiazole rings is 1. The third-order valence-electron chi connectivity index (χ3n) is 6.98. The summed E-state index contributed by atoms with van der Waals surface area (Å²) in [6, 6.07) is 11.8. The van der Waals surface area contributed by atoms with Crippen LogP contribution in [0.25, 0.3) is 0 Å². The van der Waals surface area contributed by atoms with Gasteiger partial charge in [-0.2, -0.15) is 0 Å². The number of halogens is 1. The standard InChI is InChI=1S/C31H31ClN4O5S3/c1-5-6-9-14-41-22-13-12-19(15-23(22)40-4)25-24(26(37)28-17(2)33-18(3)43-28)27(38)29(39)36(25)30-34-35-31(44-30)42-16-20-10-7-8-11-21(20)32/h7-8,10-13,15,25,38H,5-6,9,14,16H2,1-4H3. The third kappa shape index (κ3) is 6.63. The van der Waals surface area contributed by atoms with E-state index in [1.165, 1.54) is 46.4 Å². The number of aromatic nitrogens is 3. The molecule has 0 fully saturated rings. The fourth-order valence-electron chi connectivity index (χ4n) is 4.84. The van der Waals surface area contributed by atoms with Gasteiger partial charge in [0.2, 0.25) is 10.9 Å². The number of Topliss-reactive ketones (excluding diaryl/α,β-unsaturated/α-hetero) is 1. The fraction of sp³-hybridized carbons (Fsp3) is 0.323. The molecule has 5 rings (SSSR count). The van der Waals surface area contributed by atoms with Crippen molar-refractivity contribution >= 4 is 62.9 Å². The number of carbonyl (C=O) groups is 2. The van der Waals surface area contributed by atoms with Crippen LogP contribution < -0.4 is 14.4 Å². The van der Waals surface area contributed by atoms with Gasteiger partial charge in [-0.05, 0) is 49.6 Å². The molecule has 1 N–H and O–H groups in total. The molecule has 0 spiro atoms. The summed E-state index contributed by atoms with van der Waals surface area (Å²) in [7, 11) is 1.53. The summed E-state index contributed by atoms with van der Waals surface area (Å²) in [6.07, 6.45) is 3.03. The first-order chi connectivity index (χ1) is 21.2. The summed E-state index contributed by atoms with van der Waals surface area (Å²) in [4.78, 5) is 33.7. The van der Waals surface area contributed by atoms with Crippen LogP contribution in [0.15, 0.2) is 58.1 Å². The van der Waals surface area contributed by atoms with E-state index in [9.17, 15) is 14.7 Å². The zero-order valence-corrected chi connectivity index (χ0v) is 27.8. The number of aliphatic hydroxyl groups is 1. The normalized spacial score (nSPS) is 14.9. The maximum Gasteiger partial charge on any atom is 0.296 e. The van der Waals surface area contributed by atoms with Crippen LogP contribution in [0.4, 0.5) is 5.13 Å². The van der Waals surface area contributed by atoms with Crippen LogP contribution >= 0.6 is 46.0 Å². The summed E-state index contributed by atoms with van der Waals surface area (Å²) in [5, 5.41) is 21.4. The van der Waals surface area contributed by atoms with Crippen LogP contribution in [0, 0.1) is 13.8 Å². The molecule has 0 aliphatic carbocycles. The van der Waals surface area contributed by atoms with Crippen LogP contribution in [0.1, 0.15) is 63.7 Å². The zero-order valence-electron chi connectivity index (χ0n) is 24.6. The molecule has 1 aliphatic heterocycles. The van der Waals surface area contributed by atoms with Gasteiger partial charge in [0.1, 0.15) is 0 Å². The summed E-state index contributed by atoms with van der Waals surface area (Å²) in [5.41, 5.74) is 1.96. The minimum atomic E-state index is -0.991. The molecular weight excluding hydrogens is 640 g/mol. The number of ether oxygens (including phenoxy) is 2. The van der Waals surface area contributed by atoms with Crippen molar-refractivity contribution in [1.29, 1.82) is 0 Å². The number of unbranched alkanes of at least 4 members (excludes halogenated alkanes) is 2. The zero-order chi connectivity index (χ0) is 31.4. The number of benzene rings is 2. The molecule has 0 radical (unpaired) electrons. The first kappa shape index (κ1) is 32.0. The first-order valence-corrected chi connectivity index (χ1v) is 17.0. The molecule has 1 unspecified atom stereocenters. The maximum absolute atomic E-state index is 14.0. The highest BCUT2D eigenvalue weighted by atomic mass is 35.5. The quantitative estimate of drug-likeness (QED) is 0.0655. The number of hydrogen-bond acceptors (Lipinski definition) is 11. The van der Waals surface area contributed by atoms with Gasteiger partial charge in [-0.1, -0.05) is 78.7 Å². The van der Waals surface area contributed by atoms with Crippen molar-refractivity contribution < 1.29 is 24.2 Å². The van der Waals surface area contributed by atoms with E-state index in [1.807, 2.05) is 24.3 Å². The largest absolute Gasteiger partial charge is 0.503 e. The third-order valence-corrected chi connectivity index (χ3v) is 10.5. The van der Waals surface area contributed by atoms with Crippen LogP contribution in [0.2, 0.25) is 5.02 Å². The van der Waals surface area contributed by atoms with Gasteiger partial charge in [-0.15, -0.1) is 21.5 Å². The summed E-state index contributed by atoms with van der Waals surface area (Å²) in [6.45, 7) is 6.20. The second-order valence-electron chi connectivity index (χ2n) is 10.0. The summed E-state index contributed by atoms with van der Waals surface area (Å²) >= 11 is 10.2. The molecule has 0 saturated heterocycles. The van der Waals surface area contributed by atoms with E-state index in [0.717, 1.165) is 24.8 Å². The Kier molecular flexibility index (Phi) is 10.2. The van der Waals surface area contributed by atoms with Crippen LogP contribution in [-0.2, 0) is 10.5 Å². The predicted octanol–water partition coefficient (Wildman–Crippen LogP) is 7.92. The number of anilines is 1. The highest BCUT2D eigenvalue weighted by molar-refractivity contribution is 8.00. The Morgan fingerprint density at radius 3 is 2.61 bits per heavy atom. The molecule has 1 aliphatic rings. The lowest BCUT2D eigenvalue weighted by molar-refractivity contribution is -0.117. The van der Waals surface area contributed by atoms with E-state index in [2.05, 4.69) is 22.1 Å². The van der Waals surface area contributed by atoms with E-state index >= 15 is 0 Å². The van der Waals surface area contributed by atoms with Crippen LogP contribution in [0.3, 0.4) is 0 Å². The lowest BCUT2D eigenvalue weighted by atomic mass is 9.95. The minimum Gasteiger partial charge on any atom is -0.503 e. The van der Waals surface area contributed by atoms with Gasteiger partial charge in [0, 0.05) is 10.8 Å². The average molecular weight is 671 g/mol. The second-order valence-corrected chi connectivity index (χ2v) is 13.8. The SMILES string of the molecule is CCCCCOc1ccc(C2C(C(=O)c3sc(C)nc3C)=C(O)C(=O)N2c2nnc(SCc3ccccc3Cl)s2)cc1OC. The Balaban J connectivity index is 1.52. The number of ketones is 1. The first-order valence-electron chi connectivity index (χ1n) is 14.0. The second kappa shape index (κ2) is 14.1. The molecule has 0 saturated carbocycles. The molecule has 2 aromatic carbocycles. The van der Waals surface area contributed by atoms with E-state index < -0.39 is 23.5 Å². The number of thioether (sulfide) groups is 1. The molecule has 3 heterocycles. The number of amides is 1. The van der Waals surface area contributed by atoms with Gasteiger partial charge in [-0.3, -0.25) is 14.5 Å². The molecule has 13 heteroatoms. The number of hydrogen-bond donors (Lipinski definition) is 1. The number of aliphatic hydroxyl groups excluding tert-OH is 1. The Morgan fingerprint density at radius 2 is 1.91 bits per heavy atom. The highest BCUT2D eigenvalue weighted by Crippen LogP contribution is 2.46. The van der Waals surface area contributed by atoms with Gasteiger partial charge in [0.05, 0.1) is 40.9 Å². The van der Waals surface area contributed by atoms with E-state index in [0.29, 0.717) is 54.4 Å². The molecule has 2 aromatic heterocycles. The van der Waals surface area contributed by atoms with Crippen LogP contribution in [-0.4, -0.2) is 45.7 Å². The van der Waals surface area contributed by atoms with Crippen molar-refractivity contribution in [3.8, 4) is 11.5 Å². The molecule has 44 heavy (non-hydrogen) atoms. The minimum absolute atomic E-state index is 0.0547. The predicted molar refractivity (Wildman–Crippen MR) is 175 cm³/mol. The number of aryl methyl sites for hydroxylation is 2. The van der Waals surface area contributed by atoms with Crippen molar-refractivity contribution in [2.75, 3.05) is 18.6 Å². The molecular formula is C31H31ClN4O5S3. The van der Waals surface area contributed by atoms with Gasteiger partial charge in [-0.25, -0.2) is 4.98 Å². The monoisotopic (exact) mass is 670 g/mol. The van der Waals surface area contributed by atoms with Gasteiger partial charge < -0.3 is 14.6 Å². The Bertz CT molecular complexity index is 1720. The summed E-state index contributed by atoms with van der Waals surface area (Å²) < 4.78 is 12.2. The van der Waals surface area contributed by atoms with E-state index in [-0.39, 0.29) is 10.7 Å². The topological polar surface area (TPSA) is 115 Å². The maximum atomic E-state index is 14.0. The Hall–Kier alpha value is -3.45. The van der Waals surface area contributed by atoms with E-state index in [4.69, 9.17) is 21.1 Å². The molecule has 230 valence electrons. The van der Waals surface area contributed by atoms with Gasteiger partial charge in [0.15, 0.2) is 21.6 Å². The van der Waals surface area contributed by atoms with Crippen molar-refractivity contribution in [2.45, 2.75) is 56.2 Å². The lowest BCUT2D eigenvalue weighted by Crippen LogP contribution is -2.31.